The number of amides is 2. The second-order valence-electron chi connectivity index (χ2n) is 4.54. The van der Waals surface area contributed by atoms with Crippen LogP contribution in [0.5, 0.6) is 0 Å². The van der Waals surface area contributed by atoms with Gasteiger partial charge in [-0.05, 0) is 5.56 Å². The summed E-state index contributed by atoms with van der Waals surface area (Å²) in [6.45, 7) is 0. The zero-order valence-corrected chi connectivity index (χ0v) is 11.2. The van der Waals surface area contributed by atoms with E-state index in [9.17, 15) is 14.4 Å². The van der Waals surface area contributed by atoms with E-state index in [1.807, 2.05) is 0 Å². The Balaban J connectivity index is 2.70. The van der Waals surface area contributed by atoms with Gasteiger partial charge >= 0.3 is 0 Å². The van der Waals surface area contributed by atoms with Crippen molar-refractivity contribution in [2.45, 2.75) is 5.41 Å². The summed E-state index contributed by atoms with van der Waals surface area (Å²) in [4.78, 5) is 36.7. The number of rotatable bonds is 5. The monoisotopic (exact) mass is 282 g/mol. The number of Topliss-reactive ketones (excluding diaryl/α,β-unsaturated/α-hetero) is 1. The van der Waals surface area contributed by atoms with E-state index in [0.29, 0.717) is 0 Å². The molecule has 2 amide bonds. The van der Waals surface area contributed by atoms with Crippen LogP contribution in [0.4, 0.5) is 0 Å². The SMILES string of the molecule is NC(=O)C(C(N)=O)(C(=O)c1ccccc1)c1ccccc1. The summed E-state index contributed by atoms with van der Waals surface area (Å²) in [5.41, 5.74) is 8.92. The largest absolute Gasteiger partial charge is 0.368 e. The van der Waals surface area contributed by atoms with E-state index >= 15 is 0 Å². The van der Waals surface area contributed by atoms with Crippen LogP contribution < -0.4 is 11.5 Å². The molecule has 0 atom stereocenters. The Hall–Kier alpha value is -2.95. The molecule has 0 saturated carbocycles. The van der Waals surface area contributed by atoms with Gasteiger partial charge in [-0.2, -0.15) is 0 Å². The quantitative estimate of drug-likeness (QED) is 0.625. The Kier molecular flexibility index (Phi) is 3.84. The molecule has 106 valence electrons. The first kappa shape index (κ1) is 14.5. The first-order valence-electron chi connectivity index (χ1n) is 6.26. The molecule has 0 aliphatic heterocycles. The van der Waals surface area contributed by atoms with Crippen LogP contribution in [0, 0.1) is 0 Å². The molecule has 0 radical (unpaired) electrons. The lowest BCUT2D eigenvalue weighted by Gasteiger charge is -2.26. The van der Waals surface area contributed by atoms with E-state index in [1.165, 1.54) is 24.3 Å². The number of ketones is 1. The third-order valence-electron chi connectivity index (χ3n) is 3.32. The molecule has 4 N–H and O–H groups in total. The Morgan fingerprint density at radius 2 is 1.14 bits per heavy atom. The molecule has 0 aliphatic carbocycles. The Morgan fingerprint density at radius 3 is 1.57 bits per heavy atom. The topological polar surface area (TPSA) is 103 Å². The van der Waals surface area contributed by atoms with Crippen molar-refractivity contribution < 1.29 is 14.4 Å². The molecule has 5 nitrogen and oxygen atoms in total. The summed E-state index contributed by atoms with van der Waals surface area (Å²) in [7, 11) is 0. The van der Waals surface area contributed by atoms with E-state index in [4.69, 9.17) is 11.5 Å². The second-order valence-corrected chi connectivity index (χ2v) is 4.54. The fourth-order valence-corrected chi connectivity index (χ4v) is 2.26. The highest BCUT2D eigenvalue weighted by molar-refractivity contribution is 6.32. The molecular formula is C16H14N2O3. The van der Waals surface area contributed by atoms with Crippen molar-refractivity contribution >= 4 is 17.6 Å². The molecule has 0 spiro atoms. The van der Waals surface area contributed by atoms with E-state index in [2.05, 4.69) is 0 Å². The highest BCUT2D eigenvalue weighted by Crippen LogP contribution is 2.28. The fourth-order valence-electron chi connectivity index (χ4n) is 2.26. The number of primary amides is 2. The van der Waals surface area contributed by atoms with Crippen molar-refractivity contribution in [1.29, 1.82) is 0 Å². The molecule has 0 bridgehead atoms. The van der Waals surface area contributed by atoms with Crippen molar-refractivity contribution in [3.8, 4) is 0 Å². The predicted molar refractivity (Wildman–Crippen MR) is 77.3 cm³/mol. The maximum atomic E-state index is 12.7. The number of nitrogens with two attached hydrogens (primary N) is 2. The highest BCUT2D eigenvalue weighted by atomic mass is 16.2. The number of carbonyl (C=O) groups excluding carboxylic acids is 3. The number of hydrogen-bond acceptors (Lipinski definition) is 3. The van der Waals surface area contributed by atoms with Crippen molar-refractivity contribution in [2.75, 3.05) is 0 Å². The number of carbonyl (C=O) groups is 3. The number of benzene rings is 2. The van der Waals surface area contributed by atoms with Crippen LogP contribution in [0.25, 0.3) is 0 Å². The van der Waals surface area contributed by atoms with E-state index < -0.39 is 23.0 Å². The van der Waals surface area contributed by atoms with Crippen LogP contribution in [-0.2, 0) is 15.0 Å². The van der Waals surface area contributed by atoms with E-state index in [0.717, 1.165) is 0 Å². The Morgan fingerprint density at radius 1 is 0.714 bits per heavy atom. The third-order valence-corrected chi connectivity index (χ3v) is 3.32. The van der Waals surface area contributed by atoms with Gasteiger partial charge in [0, 0.05) is 5.56 Å². The first-order chi connectivity index (χ1) is 10.0. The van der Waals surface area contributed by atoms with Gasteiger partial charge in [0.15, 0.2) is 5.78 Å². The number of hydrogen-bond donors (Lipinski definition) is 2. The molecular weight excluding hydrogens is 268 g/mol. The molecule has 0 aromatic heterocycles. The predicted octanol–water partition coefficient (Wildman–Crippen LogP) is 0.778. The maximum absolute atomic E-state index is 12.7. The first-order valence-corrected chi connectivity index (χ1v) is 6.26. The fraction of sp³-hybridized carbons (Fsp3) is 0.0625. The molecule has 0 heterocycles. The van der Waals surface area contributed by atoms with Crippen molar-refractivity contribution in [3.63, 3.8) is 0 Å². The van der Waals surface area contributed by atoms with Gasteiger partial charge in [0.2, 0.25) is 17.2 Å². The van der Waals surface area contributed by atoms with Crippen molar-refractivity contribution in [2.24, 2.45) is 11.5 Å². The standard InChI is InChI=1S/C16H14N2O3/c17-14(20)16(15(18)21,12-9-5-2-6-10-12)13(19)11-7-3-1-4-8-11/h1-10H,(H2,17,20)(H2,18,21). The average molecular weight is 282 g/mol. The van der Waals surface area contributed by atoms with Crippen LogP contribution in [0.2, 0.25) is 0 Å². The van der Waals surface area contributed by atoms with Crippen LogP contribution in [0.1, 0.15) is 15.9 Å². The maximum Gasteiger partial charge on any atom is 0.245 e. The minimum Gasteiger partial charge on any atom is -0.368 e. The molecule has 21 heavy (non-hydrogen) atoms. The summed E-state index contributed by atoms with van der Waals surface area (Å²) >= 11 is 0. The van der Waals surface area contributed by atoms with Gasteiger partial charge in [-0.3, -0.25) is 14.4 Å². The molecule has 0 unspecified atom stereocenters. The second kappa shape index (κ2) is 5.58. The van der Waals surface area contributed by atoms with Crippen molar-refractivity contribution in [1.82, 2.24) is 0 Å². The molecule has 0 fully saturated rings. The van der Waals surface area contributed by atoms with Crippen LogP contribution in [-0.4, -0.2) is 17.6 Å². The summed E-state index contributed by atoms with van der Waals surface area (Å²) in [6, 6.07) is 15.9. The van der Waals surface area contributed by atoms with Gasteiger partial charge in [0.05, 0.1) is 0 Å². The van der Waals surface area contributed by atoms with Crippen LogP contribution >= 0.6 is 0 Å². The van der Waals surface area contributed by atoms with Crippen molar-refractivity contribution in [3.05, 3.63) is 71.8 Å². The summed E-state index contributed by atoms with van der Waals surface area (Å²) in [5, 5.41) is 0. The Labute approximate surface area is 121 Å². The lowest BCUT2D eigenvalue weighted by molar-refractivity contribution is -0.131. The molecule has 5 heteroatoms. The van der Waals surface area contributed by atoms with Crippen LogP contribution in [0.15, 0.2) is 60.7 Å². The van der Waals surface area contributed by atoms with E-state index in [1.54, 1.807) is 36.4 Å². The third kappa shape index (κ3) is 2.29. The molecule has 2 aromatic carbocycles. The van der Waals surface area contributed by atoms with Gasteiger partial charge < -0.3 is 11.5 Å². The zero-order chi connectivity index (χ0) is 15.5. The zero-order valence-electron chi connectivity index (χ0n) is 11.2. The van der Waals surface area contributed by atoms with E-state index in [-0.39, 0.29) is 11.1 Å². The van der Waals surface area contributed by atoms with Gasteiger partial charge in [0.25, 0.3) is 0 Å². The minimum absolute atomic E-state index is 0.166. The van der Waals surface area contributed by atoms with Gasteiger partial charge in [-0.1, -0.05) is 60.7 Å². The minimum atomic E-state index is -2.21. The molecule has 2 aromatic rings. The smallest absolute Gasteiger partial charge is 0.245 e. The van der Waals surface area contributed by atoms with Gasteiger partial charge in [0.1, 0.15) is 0 Å². The van der Waals surface area contributed by atoms with Crippen LogP contribution in [0.3, 0.4) is 0 Å². The normalized spacial score (nSPS) is 10.9. The Bertz CT molecular complexity index is 667. The lowest BCUT2D eigenvalue weighted by Crippen LogP contribution is -2.56. The lowest BCUT2D eigenvalue weighted by atomic mass is 9.73. The highest BCUT2D eigenvalue weighted by Gasteiger charge is 2.52. The molecule has 0 aliphatic rings. The molecule has 0 saturated heterocycles. The van der Waals surface area contributed by atoms with Gasteiger partial charge in [-0.15, -0.1) is 0 Å². The summed E-state index contributed by atoms with van der Waals surface area (Å²) < 4.78 is 0. The molecule has 2 rings (SSSR count). The average Bonchev–Trinajstić information content (AvgIpc) is 2.49. The van der Waals surface area contributed by atoms with Gasteiger partial charge in [-0.25, -0.2) is 0 Å². The summed E-state index contributed by atoms with van der Waals surface area (Å²) in [6.07, 6.45) is 0. The summed E-state index contributed by atoms with van der Waals surface area (Å²) in [5.74, 6) is -2.90.